The third kappa shape index (κ3) is 5.43. The van der Waals surface area contributed by atoms with Crippen LogP contribution in [0.1, 0.15) is 23.0 Å². The van der Waals surface area contributed by atoms with E-state index in [1.54, 1.807) is 24.3 Å². The second-order valence-electron chi connectivity index (χ2n) is 8.67. The summed E-state index contributed by atoms with van der Waals surface area (Å²) in [6, 6.07) is 13.6. The second-order valence-corrected chi connectivity index (χ2v) is 8.67. The molecule has 1 aliphatic heterocycles. The largest absolute Gasteiger partial charge is 0.484 e. The Balaban J connectivity index is 1.27. The quantitative estimate of drug-likeness (QED) is 0.161. The van der Waals surface area contributed by atoms with Gasteiger partial charge in [0.15, 0.2) is 29.4 Å². The van der Waals surface area contributed by atoms with Gasteiger partial charge in [0.2, 0.25) is 0 Å². The van der Waals surface area contributed by atoms with E-state index in [9.17, 15) is 29.9 Å². The molecule has 0 aliphatic carbocycles. The van der Waals surface area contributed by atoms with Gasteiger partial charge in [-0.25, -0.2) is 15.0 Å². The first-order valence-corrected chi connectivity index (χ1v) is 11.8. The number of carbonyl (C=O) groups excluding carboxylic acids is 2. The predicted molar refractivity (Wildman–Crippen MR) is 134 cm³/mol. The molecular weight excluding hydrogens is 512 g/mol. The van der Waals surface area contributed by atoms with Crippen LogP contribution < -0.4 is 10.1 Å². The van der Waals surface area contributed by atoms with E-state index >= 15 is 0 Å². The smallest absolute Gasteiger partial charge is 0.269 e. The molecule has 14 nitrogen and oxygen atoms in total. The minimum absolute atomic E-state index is 0.0112. The second kappa shape index (κ2) is 10.9. The summed E-state index contributed by atoms with van der Waals surface area (Å²) in [5.74, 6) is -0.543. The number of hydrogen-bond acceptors (Lipinski definition) is 11. The number of rotatable bonds is 9. The lowest BCUT2D eigenvalue weighted by Crippen LogP contribution is -2.40. The zero-order chi connectivity index (χ0) is 27.5. The fourth-order valence-corrected chi connectivity index (χ4v) is 4.19. The van der Waals surface area contributed by atoms with E-state index in [0.717, 1.165) is 12.1 Å². The molecule has 3 N–H and O–H groups in total. The molecule has 1 fully saturated rings. The van der Waals surface area contributed by atoms with Gasteiger partial charge in [-0.15, -0.1) is 0 Å². The summed E-state index contributed by atoms with van der Waals surface area (Å²) in [7, 11) is 0. The zero-order valence-corrected chi connectivity index (χ0v) is 20.2. The summed E-state index contributed by atoms with van der Waals surface area (Å²) in [5, 5.41) is 34.7. The molecular formula is C25H22N6O8. The number of fused-ring (bicyclic) bond motifs is 1. The zero-order valence-electron chi connectivity index (χ0n) is 20.2. The summed E-state index contributed by atoms with van der Waals surface area (Å²) >= 11 is 0. The number of carbonyl (C=O) groups is 2. The molecule has 0 spiro atoms. The molecule has 39 heavy (non-hydrogen) atoms. The van der Waals surface area contributed by atoms with Crippen molar-refractivity contribution in [1.29, 1.82) is 0 Å². The lowest BCUT2D eigenvalue weighted by Gasteiger charge is -2.20. The van der Waals surface area contributed by atoms with E-state index in [1.807, 2.05) is 6.07 Å². The van der Waals surface area contributed by atoms with Crippen molar-refractivity contribution in [3.8, 4) is 5.75 Å². The number of ether oxygens (including phenoxy) is 2. The average Bonchev–Trinajstić information content (AvgIpc) is 3.56. The van der Waals surface area contributed by atoms with E-state index in [-0.39, 0.29) is 35.6 Å². The van der Waals surface area contributed by atoms with E-state index in [4.69, 9.17) is 9.47 Å². The third-order valence-electron chi connectivity index (χ3n) is 6.12. The summed E-state index contributed by atoms with van der Waals surface area (Å²) in [5.41, 5.74) is 0.379. The van der Waals surface area contributed by atoms with Crippen molar-refractivity contribution in [1.82, 2.24) is 19.5 Å². The maximum atomic E-state index is 12.8. The maximum Gasteiger partial charge on any atom is 0.269 e. The van der Waals surface area contributed by atoms with E-state index in [1.165, 1.54) is 29.4 Å². The third-order valence-corrected chi connectivity index (χ3v) is 6.12. The Labute approximate surface area is 220 Å². The van der Waals surface area contributed by atoms with Gasteiger partial charge in [0.05, 0.1) is 17.4 Å². The molecule has 0 radical (unpaired) electrons. The number of para-hydroxylation sites is 1. The number of nitro benzene ring substituents is 1. The summed E-state index contributed by atoms with van der Waals surface area (Å²) in [6.07, 6.45) is -2.42. The van der Waals surface area contributed by atoms with E-state index in [0.29, 0.717) is 11.4 Å². The van der Waals surface area contributed by atoms with Gasteiger partial charge in [-0.05, 0) is 24.3 Å². The van der Waals surface area contributed by atoms with Gasteiger partial charge < -0.3 is 25.0 Å². The molecule has 1 aliphatic rings. The monoisotopic (exact) mass is 534 g/mol. The Kier molecular flexibility index (Phi) is 7.23. The van der Waals surface area contributed by atoms with Crippen molar-refractivity contribution in [2.45, 2.75) is 31.0 Å². The number of aromatic nitrogens is 4. The fourth-order valence-electron chi connectivity index (χ4n) is 4.19. The Morgan fingerprint density at radius 2 is 1.90 bits per heavy atom. The summed E-state index contributed by atoms with van der Waals surface area (Å²) < 4.78 is 12.8. The highest BCUT2D eigenvalue weighted by Gasteiger charge is 2.43. The van der Waals surface area contributed by atoms with Gasteiger partial charge in [-0.2, -0.15) is 0 Å². The van der Waals surface area contributed by atoms with Crippen LogP contribution in [-0.2, 0) is 9.53 Å². The van der Waals surface area contributed by atoms with Crippen LogP contribution in [0.3, 0.4) is 0 Å². The van der Waals surface area contributed by atoms with Gasteiger partial charge in [0.25, 0.3) is 11.6 Å². The van der Waals surface area contributed by atoms with Gasteiger partial charge in [-0.3, -0.25) is 24.3 Å². The van der Waals surface area contributed by atoms with Crippen LogP contribution in [0.2, 0.25) is 0 Å². The number of nitrogens with one attached hydrogen (secondary N) is 1. The van der Waals surface area contributed by atoms with Crippen molar-refractivity contribution in [2.75, 3.05) is 11.9 Å². The standard InChI is InChI=1S/C25H22N6O8/c32-17-10-19(39-23(17)22(35)21(34)14-6-8-15(9-7-14)31(36)37)30-13-28-20-24(26-12-27-25(20)30)29-18(33)11-38-16-4-2-1-3-5-16/h1-9,12-13,17,19,22-23,32,35H,10-11H2,(H,26,27,29,33)/t17-,19+,22?,23-/m0/s1. The number of anilines is 1. The fraction of sp³-hybridized carbons (Fsp3) is 0.240. The predicted octanol–water partition coefficient (Wildman–Crippen LogP) is 1.64. The number of non-ortho nitro benzene ring substituents is 1. The number of amides is 1. The number of ketones is 1. The molecule has 5 rings (SSSR count). The van der Waals surface area contributed by atoms with Crippen molar-refractivity contribution in [2.24, 2.45) is 0 Å². The topological polar surface area (TPSA) is 192 Å². The normalized spacial score (nSPS) is 19.5. The molecule has 0 bridgehead atoms. The lowest BCUT2D eigenvalue weighted by atomic mass is 9.99. The number of nitro groups is 1. The average molecular weight is 534 g/mol. The minimum Gasteiger partial charge on any atom is -0.484 e. The van der Waals surface area contributed by atoms with Crippen molar-refractivity contribution in [3.05, 3.63) is 82.9 Å². The lowest BCUT2D eigenvalue weighted by molar-refractivity contribution is -0.384. The van der Waals surface area contributed by atoms with Crippen LogP contribution in [0.25, 0.3) is 11.2 Å². The molecule has 2 aromatic heterocycles. The van der Waals surface area contributed by atoms with Crippen molar-refractivity contribution < 1.29 is 34.2 Å². The molecule has 0 saturated carbocycles. The van der Waals surface area contributed by atoms with Crippen LogP contribution >= 0.6 is 0 Å². The van der Waals surface area contributed by atoms with Crippen LogP contribution in [-0.4, -0.2) is 71.3 Å². The number of aliphatic hydroxyl groups excluding tert-OH is 2. The summed E-state index contributed by atoms with van der Waals surface area (Å²) in [6.45, 7) is -0.253. The number of hydrogen-bond donors (Lipinski definition) is 3. The molecule has 1 unspecified atom stereocenters. The van der Waals surface area contributed by atoms with Gasteiger partial charge in [0, 0.05) is 24.1 Å². The van der Waals surface area contributed by atoms with Crippen LogP contribution in [0.4, 0.5) is 11.5 Å². The molecule has 3 heterocycles. The molecule has 200 valence electrons. The first-order chi connectivity index (χ1) is 18.8. The number of nitrogens with zero attached hydrogens (tertiary/aromatic N) is 5. The van der Waals surface area contributed by atoms with E-state index in [2.05, 4.69) is 20.3 Å². The SMILES string of the molecule is O=C(COc1ccccc1)Nc1ncnc2c1ncn2[C@H]1C[C@H](O)[C@@H](C(O)C(=O)c2ccc([N+](=O)[O-])cc2)O1. The first-order valence-electron chi connectivity index (χ1n) is 11.8. The number of aliphatic hydroxyl groups is 2. The number of imidazole rings is 1. The highest BCUT2D eigenvalue weighted by atomic mass is 16.6. The molecule has 4 aromatic rings. The van der Waals surface area contributed by atoms with E-state index < -0.39 is 41.2 Å². The van der Waals surface area contributed by atoms with Crippen LogP contribution in [0.5, 0.6) is 5.75 Å². The number of benzene rings is 2. The van der Waals surface area contributed by atoms with Gasteiger partial charge in [-0.1, -0.05) is 18.2 Å². The Morgan fingerprint density at radius 3 is 2.62 bits per heavy atom. The van der Waals surface area contributed by atoms with Crippen molar-refractivity contribution >= 4 is 34.4 Å². The molecule has 1 amide bonds. The Morgan fingerprint density at radius 1 is 1.15 bits per heavy atom. The highest BCUT2D eigenvalue weighted by Crippen LogP contribution is 2.34. The first kappa shape index (κ1) is 25.8. The highest BCUT2D eigenvalue weighted by molar-refractivity contribution is 6.00. The van der Waals surface area contributed by atoms with Gasteiger partial charge >= 0.3 is 0 Å². The molecule has 1 saturated heterocycles. The van der Waals surface area contributed by atoms with Crippen LogP contribution in [0, 0.1) is 10.1 Å². The minimum atomic E-state index is -1.73. The molecule has 14 heteroatoms. The number of Topliss-reactive ketones (excluding diaryl/α,β-unsaturated/α-hetero) is 1. The Bertz CT molecular complexity index is 1510. The van der Waals surface area contributed by atoms with Gasteiger partial charge in [0.1, 0.15) is 30.5 Å². The Hall–Kier alpha value is -4.79. The molecule has 4 atom stereocenters. The van der Waals surface area contributed by atoms with Crippen LogP contribution in [0.15, 0.2) is 67.3 Å². The van der Waals surface area contributed by atoms with Crippen molar-refractivity contribution in [3.63, 3.8) is 0 Å². The maximum absolute atomic E-state index is 12.8. The molecule has 2 aromatic carbocycles. The summed E-state index contributed by atoms with van der Waals surface area (Å²) in [4.78, 5) is 48.0.